The van der Waals surface area contributed by atoms with Gasteiger partial charge in [0.2, 0.25) is 0 Å². The maximum Gasteiger partial charge on any atom is 0.156 e. The van der Waals surface area contributed by atoms with E-state index in [9.17, 15) is 0 Å². The molecule has 0 aliphatic carbocycles. The number of benzene rings is 1. The van der Waals surface area contributed by atoms with Gasteiger partial charge in [-0.1, -0.05) is 18.2 Å². The largest absolute Gasteiger partial charge is 0.496 e. The number of hydrogen-bond acceptors (Lipinski definition) is 4. The van der Waals surface area contributed by atoms with Crippen molar-refractivity contribution < 1.29 is 4.74 Å². The highest BCUT2D eigenvalue weighted by molar-refractivity contribution is 5.46. The molecular weight excluding hydrogens is 240 g/mol. The molecule has 0 saturated carbocycles. The Morgan fingerprint density at radius 1 is 1.21 bits per heavy atom. The third kappa shape index (κ3) is 2.22. The van der Waals surface area contributed by atoms with E-state index in [-0.39, 0.29) is 0 Å². The first-order valence-electron chi connectivity index (χ1n) is 5.99. The zero-order chi connectivity index (χ0) is 13.2. The van der Waals surface area contributed by atoms with E-state index in [0.717, 1.165) is 22.8 Å². The predicted octanol–water partition coefficient (Wildman–Crippen LogP) is 1.91. The first-order chi connectivity index (χ1) is 9.26. The standard InChI is InChI=1S/C14H14N4O/c1-19-12-5-3-2-4-10(12)8-13-16-14-7-6-11(15)9-18(14)17-13/h2-7,9H,8,15H2,1H3. The molecule has 0 amide bonds. The highest BCUT2D eigenvalue weighted by Gasteiger charge is 2.08. The van der Waals surface area contributed by atoms with Gasteiger partial charge >= 0.3 is 0 Å². The van der Waals surface area contributed by atoms with E-state index >= 15 is 0 Å². The Labute approximate surface area is 110 Å². The Balaban J connectivity index is 1.96. The van der Waals surface area contributed by atoms with Crippen LogP contribution in [0.15, 0.2) is 42.6 Å². The fraction of sp³-hybridized carbons (Fsp3) is 0.143. The Kier molecular flexibility index (Phi) is 2.79. The van der Waals surface area contributed by atoms with Crippen molar-refractivity contribution >= 4 is 11.3 Å². The fourth-order valence-corrected chi connectivity index (χ4v) is 2.04. The smallest absolute Gasteiger partial charge is 0.156 e. The molecule has 0 fully saturated rings. The number of nitrogens with two attached hydrogens (primary N) is 1. The number of fused-ring (bicyclic) bond motifs is 1. The first kappa shape index (κ1) is 11.5. The van der Waals surface area contributed by atoms with E-state index in [1.807, 2.05) is 36.4 Å². The number of para-hydroxylation sites is 1. The molecule has 5 heteroatoms. The molecule has 5 nitrogen and oxygen atoms in total. The number of anilines is 1. The molecule has 0 radical (unpaired) electrons. The van der Waals surface area contributed by atoms with Gasteiger partial charge in [-0.3, -0.25) is 0 Å². The molecule has 0 atom stereocenters. The van der Waals surface area contributed by atoms with Crippen molar-refractivity contribution in [2.24, 2.45) is 0 Å². The second-order valence-electron chi connectivity index (χ2n) is 4.28. The highest BCUT2D eigenvalue weighted by Crippen LogP contribution is 2.20. The zero-order valence-corrected chi connectivity index (χ0v) is 10.6. The van der Waals surface area contributed by atoms with Crippen molar-refractivity contribution in [3.63, 3.8) is 0 Å². The zero-order valence-electron chi connectivity index (χ0n) is 10.6. The lowest BCUT2D eigenvalue weighted by molar-refractivity contribution is 0.410. The van der Waals surface area contributed by atoms with Gasteiger partial charge in [-0.2, -0.15) is 5.10 Å². The molecule has 0 unspecified atom stereocenters. The van der Waals surface area contributed by atoms with Crippen LogP contribution < -0.4 is 10.5 Å². The molecule has 2 N–H and O–H groups in total. The van der Waals surface area contributed by atoms with Crippen LogP contribution >= 0.6 is 0 Å². The minimum atomic E-state index is 0.631. The van der Waals surface area contributed by atoms with Gasteiger partial charge in [-0.15, -0.1) is 0 Å². The second-order valence-corrected chi connectivity index (χ2v) is 4.28. The predicted molar refractivity (Wildman–Crippen MR) is 73.2 cm³/mol. The van der Waals surface area contributed by atoms with Crippen molar-refractivity contribution in [2.45, 2.75) is 6.42 Å². The van der Waals surface area contributed by atoms with Crippen LogP contribution in [0.2, 0.25) is 0 Å². The molecule has 96 valence electrons. The Morgan fingerprint density at radius 2 is 2.05 bits per heavy atom. The minimum Gasteiger partial charge on any atom is -0.496 e. The van der Waals surface area contributed by atoms with Gasteiger partial charge in [0.25, 0.3) is 0 Å². The summed E-state index contributed by atoms with van der Waals surface area (Å²) < 4.78 is 7.02. The van der Waals surface area contributed by atoms with Crippen molar-refractivity contribution in [1.82, 2.24) is 14.6 Å². The number of methoxy groups -OCH3 is 1. The van der Waals surface area contributed by atoms with Gasteiger partial charge in [-0.25, -0.2) is 9.50 Å². The quantitative estimate of drug-likeness (QED) is 0.775. The molecule has 0 bridgehead atoms. The van der Waals surface area contributed by atoms with Crippen molar-refractivity contribution in [1.29, 1.82) is 0 Å². The Bertz CT molecular complexity index is 720. The molecule has 0 spiro atoms. The average Bonchev–Trinajstić information content (AvgIpc) is 2.80. The summed E-state index contributed by atoms with van der Waals surface area (Å²) in [6.07, 6.45) is 2.39. The van der Waals surface area contributed by atoms with Crippen molar-refractivity contribution in [2.75, 3.05) is 12.8 Å². The molecule has 1 aromatic carbocycles. The van der Waals surface area contributed by atoms with Gasteiger partial charge in [0.15, 0.2) is 11.5 Å². The second kappa shape index (κ2) is 4.61. The van der Waals surface area contributed by atoms with Gasteiger partial charge in [0.1, 0.15) is 5.75 Å². The number of hydrogen-bond donors (Lipinski definition) is 1. The summed E-state index contributed by atoms with van der Waals surface area (Å²) in [6.45, 7) is 0. The van der Waals surface area contributed by atoms with E-state index in [1.165, 1.54) is 0 Å². The minimum absolute atomic E-state index is 0.631. The van der Waals surface area contributed by atoms with E-state index < -0.39 is 0 Å². The summed E-state index contributed by atoms with van der Waals surface area (Å²) in [5, 5.41) is 4.41. The first-order valence-corrected chi connectivity index (χ1v) is 5.99. The Hall–Kier alpha value is -2.56. The molecule has 0 aliphatic heterocycles. The third-order valence-electron chi connectivity index (χ3n) is 2.94. The summed E-state index contributed by atoms with van der Waals surface area (Å²) in [5.41, 5.74) is 8.25. The lowest BCUT2D eigenvalue weighted by Crippen LogP contribution is -1.96. The van der Waals surface area contributed by atoms with Gasteiger partial charge in [0.05, 0.1) is 19.0 Å². The van der Waals surface area contributed by atoms with Crippen LogP contribution in [0.3, 0.4) is 0 Å². The molecule has 2 heterocycles. The SMILES string of the molecule is COc1ccccc1Cc1nc2ccc(N)cn2n1. The lowest BCUT2D eigenvalue weighted by Gasteiger charge is -2.05. The van der Waals surface area contributed by atoms with Crippen LogP contribution in [0.4, 0.5) is 5.69 Å². The number of nitrogens with zero attached hydrogens (tertiary/aromatic N) is 3. The lowest BCUT2D eigenvalue weighted by atomic mass is 10.1. The normalized spacial score (nSPS) is 10.8. The number of ether oxygens (including phenoxy) is 1. The fourth-order valence-electron chi connectivity index (χ4n) is 2.04. The van der Waals surface area contributed by atoms with Gasteiger partial charge in [0, 0.05) is 12.0 Å². The van der Waals surface area contributed by atoms with E-state index in [2.05, 4.69) is 10.1 Å². The topological polar surface area (TPSA) is 65.4 Å². The summed E-state index contributed by atoms with van der Waals surface area (Å²) >= 11 is 0. The molecule has 2 aromatic heterocycles. The summed E-state index contributed by atoms with van der Waals surface area (Å²) in [5.74, 6) is 1.59. The van der Waals surface area contributed by atoms with Crippen molar-refractivity contribution in [3.05, 3.63) is 54.0 Å². The highest BCUT2D eigenvalue weighted by atomic mass is 16.5. The number of rotatable bonds is 3. The molecular formula is C14H14N4O. The average molecular weight is 254 g/mol. The molecule has 3 rings (SSSR count). The van der Waals surface area contributed by atoms with Crippen LogP contribution in [-0.2, 0) is 6.42 Å². The maximum atomic E-state index is 5.72. The molecule has 0 saturated heterocycles. The van der Waals surface area contributed by atoms with Crippen LogP contribution in [-0.4, -0.2) is 21.7 Å². The van der Waals surface area contributed by atoms with Gasteiger partial charge in [-0.05, 0) is 18.2 Å². The number of aromatic nitrogens is 3. The molecule has 3 aromatic rings. The number of nitrogen functional groups attached to an aromatic ring is 1. The summed E-state index contributed by atoms with van der Waals surface area (Å²) in [6, 6.07) is 11.5. The molecule has 19 heavy (non-hydrogen) atoms. The van der Waals surface area contributed by atoms with E-state index in [4.69, 9.17) is 10.5 Å². The van der Waals surface area contributed by atoms with Gasteiger partial charge < -0.3 is 10.5 Å². The van der Waals surface area contributed by atoms with Crippen molar-refractivity contribution in [3.8, 4) is 5.75 Å². The van der Waals surface area contributed by atoms with Crippen LogP contribution in [0.5, 0.6) is 5.75 Å². The maximum absolute atomic E-state index is 5.72. The monoisotopic (exact) mass is 254 g/mol. The molecule has 0 aliphatic rings. The van der Waals surface area contributed by atoms with Crippen LogP contribution in [0, 0.1) is 0 Å². The van der Waals surface area contributed by atoms with E-state index in [0.29, 0.717) is 12.1 Å². The summed E-state index contributed by atoms with van der Waals surface area (Å²) in [4.78, 5) is 4.47. The summed E-state index contributed by atoms with van der Waals surface area (Å²) in [7, 11) is 1.66. The third-order valence-corrected chi connectivity index (χ3v) is 2.94. The van der Waals surface area contributed by atoms with Crippen LogP contribution in [0.1, 0.15) is 11.4 Å². The van der Waals surface area contributed by atoms with Crippen LogP contribution in [0.25, 0.3) is 5.65 Å². The Morgan fingerprint density at radius 3 is 2.89 bits per heavy atom. The van der Waals surface area contributed by atoms with E-state index in [1.54, 1.807) is 17.8 Å². The number of pyridine rings is 1.